The van der Waals surface area contributed by atoms with Crippen molar-refractivity contribution >= 4 is 15.8 Å². The summed E-state index contributed by atoms with van der Waals surface area (Å²) >= 11 is 0. The molecular weight excluding hydrogens is 323 g/mol. The zero-order chi connectivity index (χ0) is 17.5. The highest BCUT2D eigenvalue weighted by atomic mass is 32.2. The molecule has 1 rings (SSSR count). The van der Waals surface area contributed by atoms with Gasteiger partial charge in [0.2, 0.25) is 0 Å². The lowest BCUT2D eigenvalue weighted by Crippen LogP contribution is -2.08. The molecular formula is C16H21FO5S. The van der Waals surface area contributed by atoms with Gasteiger partial charge in [-0.25, -0.2) is 17.6 Å². The lowest BCUT2D eigenvalue weighted by Gasteiger charge is -2.06. The van der Waals surface area contributed by atoms with Gasteiger partial charge in [-0.15, -0.1) is 0 Å². The number of halogens is 1. The quantitative estimate of drug-likeness (QED) is 0.423. The van der Waals surface area contributed by atoms with Crippen LogP contribution in [0.3, 0.4) is 0 Å². The Kier molecular flexibility index (Phi) is 7.22. The Hall–Kier alpha value is -1.89. The number of phenolic OH excluding ortho intramolecular Hbond substituents is 1. The summed E-state index contributed by atoms with van der Waals surface area (Å²) in [7, 11) is -3.57. The number of esters is 1. The zero-order valence-electron chi connectivity index (χ0n) is 13.0. The first-order valence-corrected chi connectivity index (χ1v) is 8.93. The molecule has 5 nitrogen and oxygen atoms in total. The maximum Gasteiger partial charge on any atom is 0.333 e. The van der Waals surface area contributed by atoms with E-state index in [0.717, 1.165) is 18.6 Å². The van der Waals surface area contributed by atoms with Gasteiger partial charge in [-0.05, 0) is 38.0 Å². The van der Waals surface area contributed by atoms with Crippen LogP contribution in [0.15, 0.2) is 35.2 Å². The van der Waals surface area contributed by atoms with Crippen LogP contribution in [-0.4, -0.2) is 31.9 Å². The second kappa shape index (κ2) is 8.67. The van der Waals surface area contributed by atoms with Crippen LogP contribution in [-0.2, 0) is 19.4 Å². The molecule has 0 atom stereocenters. The maximum atomic E-state index is 13.2. The van der Waals surface area contributed by atoms with Crippen molar-refractivity contribution in [3.05, 3.63) is 36.2 Å². The molecule has 128 valence electrons. The number of hydrogen-bond donors (Lipinski definition) is 1. The highest BCUT2D eigenvalue weighted by Crippen LogP contribution is 2.21. The molecule has 1 N–H and O–H groups in total. The van der Waals surface area contributed by atoms with Crippen molar-refractivity contribution in [1.82, 2.24) is 0 Å². The van der Waals surface area contributed by atoms with Crippen molar-refractivity contribution in [2.75, 3.05) is 12.4 Å². The number of ether oxygens (including phenoxy) is 1. The fourth-order valence-electron chi connectivity index (χ4n) is 1.83. The summed E-state index contributed by atoms with van der Waals surface area (Å²) in [6, 6.07) is 3.03. The summed E-state index contributed by atoms with van der Waals surface area (Å²) in [5, 5.41) is 9.07. The van der Waals surface area contributed by atoms with E-state index in [4.69, 9.17) is 9.84 Å². The van der Waals surface area contributed by atoms with Crippen LogP contribution in [0.1, 0.15) is 32.6 Å². The Labute approximate surface area is 135 Å². The summed E-state index contributed by atoms with van der Waals surface area (Å²) in [6.45, 7) is 5.32. The van der Waals surface area contributed by atoms with E-state index in [1.54, 1.807) is 6.92 Å². The van der Waals surface area contributed by atoms with Crippen LogP contribution in [0.5, 0.6) is 5.75 Å². The SMILES string of the molecule is C=C(C)C(=O)OCCCCCCS(=O)(=O)c1ccc(O)c(F)c1. The average Bonchev–Trinajstić information content (AvgIpc) is 2.48. The molecule has 1 aromatic carbocycles. The largest absolute Gasteiger partial charge is 0.505 e. The highest BCUT2D eigenvalue weighted by molar-refractivity contribution is 7.91. The molecule has 0 spiro atoms. The number of carbonyl (C=O) groups excluding carboxylic acids is 1. The third-order valence-corrected chi connectivity index (χ3v) is 4.97. The van der Waals surface area contributed by atoms with Gasteiger partial charge in [0.05, 0.1) is 17.3 Å². The molecule has 0 bridgehead atoms. The van der Waals surface area contributed by atoms with Crippen LogP contribution in [0, 0.1) is 5.82 Å². The second-order valence-electron chi connectivity index (χ2n) is 5.26. The van der Waals surface area contributed by atoms with Gasteiger partial charge in [0.1, 0.15) is 0 Å². The first-order chi connectivity index (χ1) is 10.7. The van der Waals surface area contributed by atoms with Crippen molar-refractivity contribution in [2.45, 2.75) is 37.5 Å². The van der Waals surface area contributed by atoms with E-state index in [0.29, 0.717) is 24.8 Å². The molecule has 7 heteroatoms. The van der Waals surface area contributed by atoms with E-state index in [9.17, 15) is 17.6 Å². The molecule has 0 unspecified atom stereocenters. The Bertz CT molecular complexity index is 667. The molecule has 0 radical (unpaired) electrons. The third-order valence-electron chi connectivity index (χ3n) is 3.17. The number of rotatable bonds is 9. The summed E-state index contributed by atoms with van der Waals surface area (Å²) < 4.78 is 42.2. The predicted molar refractivity (Wildman–Crippen MR) is 84.4 cm³/mol. The number of carbonyl (C=O) groups is 1. The van der Waals surface area contributed by atoms with Crippen LogP contribution < -0.4 is 0 Å². The number of aromatic hydroxyl groups is 1. The molecule has 0 saturated carbocycles. The number of sulfone groups is 1. The van der Waals surface area contributed by atoms with Gasteiger partial charge in [-0.3, -0.25) is 0 Å². The van der Waals surface area contributed by atoms with Crippen molar-refractivity contribution in [1.29, 1.82) is 0 Å². The minimum absolute atomic E-state index is 0.0945. The zero-order valence-corrected chi connectivity index (χ0v) is 13.9. The van der Waals surface area contributed by atoms with Crippen molar-refractivity contribution in [3.63, 3.8) is 0 Å². The third kappa shape index (κ3) is 6.40. The minimum Gasteiger partial charge on any atom is -0.505 e. The van der Waals surface area contributed by atoms with Crippen molar-refractivity contribution < 1.29 is 27.4 Å². The van der Waals surface area contributed by atoms with Gasteiger partial charge in [-0.2, -0.15) is 0 Å². The normalized spacial score (nSPS) is 11.2. The first-order valence-electron chi connectivity index (χ1n) is 7.28. The number of unbranched alkanes of at least 4 members (excludes halogenated alkanes) is 3. The summed E-state index contributed by atoms with van der Waals surface area (Å²) in [5.74, 6) is -2.05. The number of benzene rings is 1. The fraction of sp³-hybridized carbons (Fsp3) is 0.438. The topological polar surface area (TPSA) is 80.7 Å². The molecule has 0 heterocycles. The summed E-state index contributed by atoms with van der Waals surface area (Å²) in [6.07, 6.45) is 2.46. The Morgan fingerprint density at radius 2 is 1.91 bits per heavy atom. The molecule has 1 aromatic rings. The molecule has 0 aliphatic carbocycles. The van der Waals surface area contributed by atoms with Crippen LogP contribution >= 0.6 is 0 Å². The smallest absolute Gasteiger partial charge is 0.333 e. The van der Waals surface area contributed by atoms with Crippen LogP contribution in [0.25, 0.3) is 0 Å². The Morgan fingerprint density at radius 1 is 1.26 bits per heavy atom. The van der Waals surface area contributed by atoms with E-state index in [1.165, 1.54) is 6.07 Å². The number of hydrogen-bond acceptors (Lipinski definition) is 5. The molecule has 0 aliphatic rings. The lowest BCUT2D eigenvalue weighted by molar-refractivity contribution is -0.139. The molecule has 0 aliphatic heterocycles. The highest BCUT2D eigenvalue weighted by Gasteiger charge is 2.16. The van der Waals surface area contributed by atoms with Gasteiger partial charge in [0.15, 0.2) is 21.4 Å². The monoisotopic (exact) mass is 344 g/mol. The second-order valence-corrected chi connectivity index (χ2v) is 7.37. The maximum absolute atomic E-state index is 13.2. The van der Waals surface area contributed by atoms with Gasteiger partial charge < -0.3 is 9.84 Å². The van der Waals surface area contributed by atoms with Gasteiger partial charge in [0.25, 0.3) is 0 Å². The average molecular weight is 344 g/mol. The van der Waals surface area contributed by atoms with Crippen molar-refractivity contribution in [2.24, 2.45) is 0 Å². The summed E-state index contributed by atoms with van der Waals surface area (Å²) in [5.41, 5.74) is 0.345. The van der Waals surface area contributed by atoms with E-state index in [2.05, 4.69) is 6.58 Å². The first kappa shape index (κ1) is 19.2. The minimum atomic E-state index is -3.57. The van der Waals surface area contributed by atoms with E-state index in [1.807, 2.05) is 0 Å². The van der Waals surface area contributed by atoms with Gasteiger partial charge >= 0.3 is 5.97 Å². The predicted octanol–water partition coefficient (Wildman–Crippen LogP) is 2.98. The standard InChI is InChI=1S/C16H21FO5S/c1-12(2)16(19)22-9-5-3-4-6-10-23(20,21)13-7-8-15(18)14(17)11-13/h7-8,11,18H,1,3-6,9-10H2,2H3. The van der Waals surface area contributed by atoms with E-state index >= 15 is 0 Å². The Balaban J connectivity index is 2.30. The molecule has 0 aromatic heterocycles. The lowest BCUT2D eigenvalue weighted by atomic mass is 10.2. The van der Waals surface area contributed by atoms with E-state index < -0.39 is 27.4 Å². The molecule has 0 fully saturated rings. The Morgan fingerprint density at radius 3 is 2.52 bits per heavy atom. The number of phenols is 1. The van der Waals surface area contributed by atoms with E-state index in [-0.39, 0.29) is 17.3 Å². The van der Waals surface area contributed by atoms with Crippen molar-refractivity contribution in [3.8, 4) is 5.75 Å². The van der Waals surface area contributed by atoms with Crippen LogP contribution in [0.4, 0.5) is 4.39 Å². The fourth-order valence-corrected chi connectivity index (χ4v) is 3.21. The van der Waals surface area contributed by atoms with Gasteiger partial charge in [-0.1, -0.05) is 19.4 Å². The summed E-state index contributed by atoms with van der Waals surface area (Å²) in [4.78, 5) is 11.0. The molecule has 23 heavy (non-hydrogen) atoms. The molecule has 0 amide bonds. The van der Waals surface area contributed by atoms with Crippen LogP contribution in [0.2, 0.25) is 0 Å². The molecule has 0 saturated heterocycles. The van der Waals surface area contributed by atoms with Gasteiger partial charge in [0, 0.05) is 5.57 Å².